The van der Waals surface area contributed by atoms with Gasteiger partial charge in [-0.15, -0.1) is 0 Å². The Morgan fingerprint density at radius 1 is 1.34 bits per heavy atom. The van der Waals surface area contributed by atoms with Crippen molar-refractivity contribution in [1.29, 1.82) is 0 Å². The van der Waals surface area contributed by atoms with Crippen LogP contribution in [0.3, 0.4) is 0 Å². The number of pyridine rings is 2. The van der Waals surface area contributed by atoms with Gasteiger partial charge in [0.15, 0.2) is 0 Å². The minimum atomic E-state index is -0.165. The second-order valence-corrected chi connectivity index (χ2v) is 7.89. The molecule has 0 aliphatic carbocycles. The number of ether oxygens (including phenoxy) is 1. The molecule has 0 amide bonds. The molecule has 1 atom stereocenters. The molecular weight excluding hydrogens is 388 g/mol. The molecule has 1 aliphatic rings. The molecule has 0 bridgehead atoms. The number of halogens is 1. The van der Waals surface area contributed by atoms with Crippen LogP contribution < -0.4 is 10.9 Å². The van der Waals surface area contributed by atoms with Gasteiger partial charge in [0, 0.05) is 19.3 Å². The molecule has 148 valence electrons. The van der Waals surface area contributed by atoms with Gasteiger partial charge in [-0.25, -0.2) is 4.98 Å². The Morgan fingerprint density at radius 3 is 3.07 bits per heavy atom. The van der Waals surface area contributed by atoms with Crippen LogP contribution in [0.2, 0.25) is 5.02 Å². The van der Waals surface area contributed by atoms with Gasteiger partial charge in [0.2, 0.25) is 0 Å². The standard InChI is InChI=1S/C22H21ClN4O2/c1-13-4-2-5-14-10-17(22(28)26-19(13)14)20-21(24-11-16-6-3-9-29-16)27-12-15(23)7-8-18(27)25-20/h2,4-5,7-8,10,12,16,24H,3,6,9,11H2,1H3,(H,26,28)/t16-/m0/s1. The summed E-state index contributed by atoms with van der Waals surface area (Å²) in [5.74, 6) is 0.746. The van der Waals surface area contributed by atoms with Crippen LogP contribution in [0.5, 0.6) is 0 Å². The third-order valence-corrected chi connectivity index (χ3v) is 5.67. The van der Waals surface area contributed by atoms with E-state index in [2.05, 4.69) is 10.3 Å². The van der Waals surface area contributed by atoms with Crippen molar-refractivity contribution in [2.24, 2.45) is 0 Å². The predicted octanol–water partition coefficient (Wildman–Crippen LogP) is 4.40. The number of H-pyrrole nitrogens is 1. The summed E-state index contributed by atoms with van der Waals surface area (Å²) in [6, 6.07) is 11.5. The van der Waals surface area contributed by atoms with Crippen molar-refractivity contribution < 1.29 is 4.74 Å². The number of aromatic amines is 1. The molecule has 1 aromatic carbocycles. The number of aryl methyl sites for hydroxylation is 1. The fourth-order valence-corrected chi connectivity index (χ4v) is 4.11. The van der Waals surface area contributed by atoms with Gasteiger partial charge in [-0.05, 0) is 48.9 Å². The van der Waals surface area contributed by atoms with Gasteiger partial charge in [0.1, 0.15) is 17.2 Å². The summed E-state index contributed by atoms with van der Waals surface area (Å²) in [4.78, 5) is 20.7. The molecule has 6 nitrogen and oxygen atoms in total. The molecule has 5 rings (SSSR count). The predicted molar refractivity (Wildman–Crippen MR) is 116 cm³/mol. The Balaban J connectivity index is 1.67. The Kier molecular flexibility index (Phi) is 4.53. The first-order valence-corrected chi connectivity index (χ1v) is 10.1. The molecule has 4 heterocycles. The van der Waals surface area contributed by atoms with Crippen molar-refractivity contribution in [3.05, 3.63) is 63.5 Å². The number of nitrogens with zero attached hydrogens (tertiary/aromatic N) is 2. The number of anilines is 1. The highest BCUT2D eigenvalue weighted by molar-refractivity contribution is 6.30. The van der Waals surface area contributed by atoms with Crippen molar-refractivity contribution in [2.75, 3.05) is 18.5 Å². The van der Waals surface area contributed by atoms with Crippen LogP contribution in [0.25, 0.3) is 27.8 Å². The molecule has 4 aromatic rings. The molecule has 1 saturated heterocycles. The summed E-state index contributed by atoms with van der Waals surface area (Å²) in [5.41, 5.74) is 3.57. The summed E-state index contributed by atoms with van der Waals surface area (Å²) < 4.78 is 7.64. The van der Waals surface area contributed by atoms with Gasteiger partial charge in [0.05, 0.1) is 22.2 Å². The van der Waals surface area contributed by atoms with Crippen LogP contribution in [0.4, 0.5) is 5.82 Å². The van der Waals surface area contributed by atoms with E-state index in [1.807, 2.05) is 47.9 Å². The number of benzene rings is 1. The molecule has 2 N–H and O–H groups in total. The van der Waals surface area contributed by atoms with E-state index in [-0.39, 0.29) is 11.7 Å². The molecule has 0 saturated carbocycles. The van der Waals surface area contributed by atoms with Crippen LogP contribution in [-0.4, -0.2) is 33.6 Å². The quantitative estimate of drug-likeness (QED) is 0.525. The third kappa shape index (κ3) is 3.28. The average molecular weight is 409 g/mol. The van der Waals surface area contributed by atoms with Gasteiger partial charge < -0.3 is 15.0 Å². The maximum Gasteiger partial charge on any atom is 0.258 e. The van der Waals surface area contributed by atoms with Crippen molar-refractivity contribution in [1.82, 2.24) is 14.4 Å². The zero-order valence-corrected chi connectivity index (χ0v) is 16.8. The lowest BCUT2D eigenvalue weighted by atomic mass is 10.1. The van der Waals surface area contributed by atoms with Crippen LogP contribution in [0.1, 0.15) is 18.4 Å². The fourth-order valence-electron chi connectivity index (χ4n) is 3.95. The number of para-hydroxylation sites is 1. The number of hydrogen-bond acceptors (Lipinski definition) is 4. The van der Waals surface area contributed by atoms with Gasteiger partial charge in [0.25, 0.3) is 5.56 Å². The van der Waals surface area contributed by atoms with E-state index >= 15 is 0 Å². The summed E-state index contributed by atoms with van der Waals surface area (Å²) in [5, 5.41) is 5.03. The van der Waals surface area contributed by atoms with E-state index in [0.717, 1.165) is 47.4 Å². The first-order valence-electron chi connectivity index (χ1n) is 9.76. The molecule has 0 spiro atoms. The highest BCUT2D eigenvalue weighted by atomic mass is 35.5. The van der Waals surface area contributed by atoms with Crippen LogP contribution in [0.15, 0.2) is 47.4 Å². The second kappa shape index (κ2) is 7.21. The highest BCUT2D eigenvalue weighted by Gasteiger charge is 2.21. The normalized spacial score (nSPS) is 16.7. The van der Waals surface area contributed by atoms with E-state index in [1.54, 1.807) is 6.07 Å². The topological polar surface area (TPSA) is 71.4 Å². The van der Waals surface area contributed by atoms with Gasteiger partial charge in [-0.3, -0.25) is 9.20 Å². The Bertz CT molecular complexity index is 1270. The van der Waals surface area contributed by atoms with E-state index in [4.69, 9.17) is 21.3 Å². The zero-order valence-electron chi connectivity index (χ0n) is 16.0. The molecular formula is C22H21ClN4O2. The van der Waals surface area contributed by atoms with Crippen LogP contribution in [-0.2, 0) is 4.74 Å². The summed E-state index contributed by atoms with van der Waals surface area (Å²) in [6.45, 7) is 3.43. The van der Waals surface area contributed by atoms with E-state index < -0.39 is 0 Å². The van der Waals surface area contributed by atoms with Crippen molar-refractivity contribution in [2.45, 2.75) is 25.9 Å². The second-order valence-electron chi connectivity index (χ2n) is 7.45. The lowest BCUT2D eigenvalue weighted by molar-refractivity contribution is 0.120. The largest absolute Gasteiger partial charge is 0.376 e. The van der Waals surface area contributed by atoms with E-state index in [9.17, 15) is 4.79 Å². The first kappa shape index (κ1) is 18.2. The van der Waals surface area contributed by atoms with E-state index in [1.165, 1.54) is 0 Å². The highest BCUT2D eigenvalue weighted by Crippen LogP contribution is 2.30. The van der Waals surface area contributed by atoms with Gasteiger partial charge >= 0.3 is 0 Å². The van der Waals surface area contributed by atoms with Crippen LogP contribution >= 0.6 is 11.6 Å². The molecule has 7 heteroatoms. The molecule has 1 fully saturated rings. The number of aromatic nitrogens is 3. The number of rotatable bonds is 4. The number of hydrogen-bond donors (Lipinski definition) is 2. The Hall–Kier alpha value is -2.83. The maximum absolute atomic E-state index is 13.0. The maximum atomic E-state index is 13.0. The van der Waals surface area contributed by atoms with Crippen molar-refractivity contribution in [3.63, 3.8) is 0 Å². The van der Waals surface area contributed by atoms with Gasteiger partial charge in [-0.1, -0.05) is 29.8 Å². The minimum Gasteiger partial charge on any atom is -0.376 e. The summed E-state index contributed by atoms with van der Waals surface area (Å²) in [7, 11) is 0. The van der Waals surface area contributed by atoms with Crippen molar-refractivity contribution >= 4 is 34.0 Å². The third-order valence-electron chi connectivity index (χ3n) is 5.45. The van der Waals surface area contributed by atoms with Gasteiger partial charge in [-0.2, -0.15) is 0 Å². The molecule has 3 aromatic heterocycles. The number of imidazole rings is 1. The Labute approximate surface area is 172 Å². The smallest absolute Gasteiger partial charge is 0.258 e. The zero-order chi connectivity index (χ0) is 20.0. The number of nitrogens with one attached hydrogen (secondary N) is 2. The molecule has 0 unspecified atom stereocenters. The minimum absolute atomic E-state index is 0.158. The lowest BCUT2D eigenvalue weighted by Gasteiger charge is -2.13. The molecule has 1 aliphatic heterocycles. The molecule has 29 heavy (non-hydrogen) atoms. The monoisotopic (exact) mass is 408 g/mol. The summed E-state index contributed by atoms with van der Waals surface area (Å²) >= 11 is 6.23. The SMILES string of the molecule is Cc1cccc2cc(-c3nc4ccc(Cl)cn4c3NC[C@@H]3CCCO3)c(=O)[nH]c12. The van der Waals surface area contributed by atoms with Crippen LogP contribution in [0, 0.1) is 6.92 Å². The number of fused-ring (bicyclic) bond motifs is 2. The van der Waals surface area contributed by atoms with E-state index in [0.29, 0.717) is 22.8 Å². The fraction of sp³-hybridized carbons (Fsp3) is 0.273. The lowest BCUT2D eigenvalue weighted by Crippen LogP contribution is -2.20. The summed E-state index contributed by atoms with van der Waals surface area (Å²) in [6.07, 6.45) is 4.06. The molecule has 0 radical (unpaired) electrons. The van der Waals surface area contributed by atoms with Crippen molar-refractivity contribution in [3.8, 4) is 11.3 Å². The first-order chi connectivity index (χ1) is 14.1. The Morgan fingerprint density at radius 2 is 2.24 bits per heavy atom. The average Bonchev–Trinajstić information content (AvgIpc) is 3.34.